The molecule has 2 N–H and O–H groups in total. The average molecular weight is 594 g/mol. The van der Waals surface area contributed by atoms with Crippen LogP contribution >= 0.6 is 0 Å². The van der Waals surface area contributed by atoms with Gasteiger partial charge in [-0.05, 0) is 82.9 Å². The number of hydrogen-bond donors (Lipinski definition) is 2. The predicted octanol–water partition coefficient (Wildman–Crippen LogP) is 9.57. The lowest BCUT2D eigenvalue weighted by Gasteiger charge is -2.17. The molecule has 0 aliphatic rings. The highest BCUT2D eigenvalue weighted by atomic mass is 14.9. The Morgan fingerprint density at radius 3 is 1.85 bits per heavy atom. The Bertz CT molecular complexity index is 2080. The van der Waals surface area contributed by atoms with E-state index in [9.17, 15) is 0 Å². The molecule has 0 saturated heterocycles. The lowest BCUT2D eigenvalue weighted by Crippen LogP contribution is -2.09. The van der Waals surface area contributed by atoms with Gasteiger partial charge in [-0.15, -0.1) is 0 Å². The fraction of sp³-hybridized carbons (Fsp3) is 0.0244. The number of hydrogen-bond acceptors (Lipinski definition) is 5. The minimum Gasteiger partial charge on any atom is -0.380 e. The molecule has 3 heterocycles. The molecule has 0 bridgehead atoms. The van der Waals surface area contributed by atoms with Crippen molar-refractivity contribution in [1.29, 1.82) is 5.41 Å². The van der Waals surface area contributed by atoms with Crippen LogP contribution in [0.2, 0.25) is 0 Å². The summed E-state index contributed by atoms with van der Waals surface area (Å²) in [5.74, 6) is 0. The van der Waals surface area contributed by atoms with E-state index >= 15 is 0 Å². The van der Waals surface area contributed by atoms with Crippen LogP contribution in [0.5, 0.6) is 0 Å². The van der Waals surface area contributed by atoms with Gasteiger partial charge in [-0.2, -0.15) is 0 Å². The number of nitrogens with zero attached hydrogens (tertiary/aromatic N) is 3. The second-order valence-corrected chi connectivity index (χ2v) is 11.0. The summed E-state index contributed by atoms with van der Waals surface area (Å²) < 4.78 is 0. The molecule has 4 aromatic carbocycles. The Morgan fingerprint density at radius 2 is 1.15 bits per heavy atom. The Balaban J connectivity index is 1.24. The van der Waals surface area contributed by atoms with Gasteiger partial charge in [0.2, 0.25) is 0 Å². The van der Waals surface area contributed by atoms with Crippen LogP contribution in [0.4, 0.5) is 5.69 Å². The van der Waals surface area contributed by atoms with Gasteiger partial charge < -0.3 is 5.32 Å². The van der Waals surface area contributed by atoms with Crippen molar-refractivity contribution in [3.63, 3.8) is 0 Å². The molecule has 0 saturated carbocycles. The van der Waals surface area contributed by atoms with E-state index < -0.39 is 0 Å². The summed E-state index contributed by atoms with van der Waals surface area (Å²) in [5.41, 5.74) is 12.1. The molecule has 0 spiro atoms. The standard InChI is InChI=1S/C41H31N5/c42-41(31-13-5-2-6-14-31)36-26-32(30-11-3-1-4-12-30)17-19-38(36)45-27-29-23-34(25-35(24-29)37-15-7-9-21-43-37)33-18-20-40(46-28-33)39-16-8-10-22-44-39/h1-26,28,42,45H,27H2. The van der Waals surface area contributed by atoms with E-state index in [0.717, 1.165) is 67.3 Å². The monoisotopic (exact) mass is 593 g/mol. The molecule has 0 aliphatic carbocycles. The first-order valence-electron chi connectivity index (χ1n) is 15.2. The zero-order valence-corrected chi connectivity index (χ0v) is 25.1. The summed E-state index contributed by atoms with van der Waals surface area (Å²) in [6.45, 7) is 0.562. The van der Waals surface area contributed by atoms with Crippen molar-refractivity contribution < 1.29 is 0 Å². The van der Waals surface area contributed by atoms with Crippen LogP contribution in [0.1, 0.15) is 16.7 Å². The molecule has 0 unspecified atom stereocenters. The second-order valence-electron chi connectivity index (χ2n) is 11.0. The maximum atomic E-state index is 9.17. The van der Waals surface area contributed by atoms with Crippen LogP contribution < -0.4 is 5.32 Å². The van der Waals surface area contributed by atoms with Crippen molar-refractivity contribution in [2.45, 2.75) is 6.54 Å². The van der Waals surface area contributed by atoms with Crippen LogP contribution in [-0.4, -0.2) is 20.7 Å². The van der Waals surface area contributed by atoms with Crippen molar-refractivity contribution in [3.05, 3.63) is 181 Å². The maximum Gasteiger partial charge on any atom is 0.0886 e. The van der Waals surface area contributed by atoms with Crippen molar-refractivity contribution >= 4 is 11.4 Å². The van der Waals surface area contributed by atoms with Gasteiger partial charge in [0.25, 0.3) is 0 Å². The second kappa shape index (κ2) is 13.2. The summed E-state index contributed by atoms with van der Waals surface area (Å²) in [6.07, 6.45) is 5.50. The highest BCUT2D eigenvalue weighted by Gasteiger charge is 2.14. The third-order valence-electron chi connectivity index (χ3n) is 7.92. The van der Waals surface area contributed by atoms with Crippen LogP contribution in [0, 0.1) is 5.41 Å². The molecule has 0 aliphatic heterocycles. The summed E-state index contributed by atoms with van der Waals surface area (Å²) in [6, 6.07) is 48.9. The van der Waals surface area contributed by atoms with Gasteiger partial charge in [0.05, 0.1) is 22.8 Å². The highest BCUT2D eigenvalue weighted by molar-refractivity contribution is 6.14. The third-order valence-corrected chi connectivity index (χ3v) is 7.92. The first kappa shape index (κ1) is 28.6. The topological polar surface area (TPSA) is 74.6 Å². The third kappa shape index (κ3) is 6.35. The van der Waals surface area contributed by atoms with Crippen LogP contribution in [0.25, 0.3) is 44.9 Å². The fourth-order valence-electron chi connectivity index (χ4n) is 5.55. The van der Waals surface area contributed by atoms with E-state index in [-0.39, 0.29) is 0 Å². The summed E-state index contributed by atoms with van der Waals surface area (Å²) in [4.78, 5) is 13.8. The minimum atomic E-state index is 0.475. The Labute approximate surface area is 268 Å². The number of aromatic nitrogens is 3. The molecule has 7 aromatic rings. The van der Waals surface area contributed by atoms with Crippen LogP contribution in [0.15, 0.2) is 164 Å². The summed E-state index contributed by atoms with van der Waals surface area (Å²) in [5, 5.41) is 12.8. The van der Waals surface area contributed by atoms with E-state index in [0.29, 0.717) is 12.3 Å². The molecule has 46 heavy (non-hydrogen) atoms. The Kier molecular flexibility index (Phi) is 8.20. The highest BCUT2D eigenvalue weighted by Crippen LogP contribution is 2.31. The number of rotatable bonds is 9. The normalized spacial score (nSPS) is 10.8. The van der Waals surface area contributed by atoms with Gasteiger partial charge >= 0.3 is 0 Å². The lowest BCUT2D eigenvalue weighted by molar-refractivity contribution is 1.14. The summed E-state index contributed by atoms with van der Waals surface area (Å²) >= 11 is 0. The van der Waals surface area contributed by atoms with Crippen LogP contribution in [-0.2, 0) is 6.54 Å². The lowest BCUT2D eigenvalue weighted by atomic mass is 9.95. The minimum absolute atomic E-state index is 0.475. The SMILES string of the molecule is N=C(c1ccccc1)c1cc(-c2ccccc2)ccc1NCc1cc(-c2ccc(-c3ccccn3)nc2)cc(-c2ccccn2)c1. The van der Waals surface area contributed by atoms with Gasteiger partial charge in [0.15, 0.2) is 0 Å². The van der Waals surface area contributed by atoms with Gasteiger partial charge in [0.1, 0.15) is 0 Å². The smallest absolute Gasteiger partial charge is 0.0886 e. The first-order valence-corrected chi connectivity index (χ1v) is 15.2. The zero-order chi connectivity index (χ0) is 31.1. The molecule has 5 heteroatoms. The number of nitrogens with one attached hydrogen (secondary N) is 2. The van der Waals surface area contributed by atoms with E-state index in [1.165, 1.54) is 0 Å². The quantitative estimate of drug-likeness (QED) is 0.164. The van der Waals surface area contributed by atoms with Gasteiger partial charge in [0, 0.05) is 53.1 Å². The molecule has 0 radical (unpaired) electrons. The predicted molar refractivity (Wildman–Crippen MR) is 188 cm³/mol. The van der Waals surface area contributed by atoms with Crippen molar-refractivity contribution in [2.75, 3.05) is 5.32 Å². The van der Waals surface area contributed by atoms with Crippen molar-refractivity contribution in [3.8, 4) is 44.9 Å². The molecule has 220 valence electrons. The van der Waals surface area contributed by atoms with Gasteiger partial charge in [-0.1, -0.05) is 84.9 Å². The largest absolute Gasteiger partial charge is 0.380 e. The molecule has 0 amide bonds. The molecular weight excluding hydrogens is 562 g/mol. The van der Waals surface area contributed by atoms with Crippen molar-refractivity contribution in [1.82, 2.24) is 15.0 Å². The molecular formula is C41H31N5. The first-order chi connectivity index (χ1) is 22.7. The molecule has 7 rings (SSSR count). The Hall–Kier alpha value is -6.20. The van der Waals surface area contributed by atoms with E-state index in [1.807, 2.05) is 103 Å². The fourth-order valence-corrected chi connectivity index (χ4v) is 5.55. The van der Waals surface area contributed by atoms with E-state index in [4.69, 9.17) is 10.4 Å². The van der Waals surface area contributed by atoms with Gasteiger partial charge in [-0.3, -0.25) is 20.4 Å². The summed E-state index contributed by atoms with van der Waals surface area (Å²) in [7, 11) is 0. The van der Waals surface area contributed by atoms with Gasteiger partial charge in [-0.25, -0.2) is 0 Å². The van der Waals surface area contributed by atoms with E-state index in [1.54, 1.807) is 6.20 Å². The number of benzene rings is 4. The van der Waals surface area contributed by atoms with Crippen LogP contribution in [0.3, 0.4) is 0 Å². The Morgan fingerprint density at radius 1 is 0.500 bits per heavy atom. The van der Waals surface area contributed by atoms with E-state index in [2.05, 4.69) is 69.9 Å². The number of pyridine rings is 3. The number of anilines is 1. The average Bonchev–Trinajstić information content (AvgIpc) is 3.15. The molecule has 3 aromatic heterocycles. The molecule has 0 atom stereocenters. The van der Waals surface area contributed by atoms with Crippen molar-refractivity contribution in [2.24, 2.45) is 0 Å². The maximum absolute atomic E-state index is 9.17. The molecule has 5 nitrogen and oxygen atoms in total. The molecule has 0 fully saturated rings. The zero-order valence-electron chi connectivity index (χ0n) is 25.1.